The molecule has 0 unspecified atom stereocenters. The Morgan fingerprint density at radius 1 is 1.56 bits per heavy atom. The predicted octanol–water partition coefficient (Wildman–Crippen LogP) is 2.62. The highest BCUT2D eigenvalue weighted by Crippen LogP contribution is 2.10. The Hall–Kier alpha value is -0.940. The van der Waals surface area contributed by atoms with Crippen LogP contribution >= 0.6 is 27.3 Å². The largest absolute Gasteiger partial charge is 0.298 e. The van der Waals surface area contributed by atoms with Crippen molar-refractivity contribution in [3.05, 3.63) is 49.2 Å². The monoisotopic (exact) mass is 298 g/mol. The summed E-state index contributed by atoms with van der Waals surface area (Å²) in [7, 11) is 0. The molecule has 0 aliphatic rings. The van der Waals surface area contributed by atoms with Crippen LogP contribution in [0.2, 0.25) is 0 Å². The van der Waals surface area contributed by atoms with Gasteiger partial charge in [-0.1, -0.05) is 6.07 Å². The zero-order valence-electron chi connectivity index (χ0n) is 8.81. The lowest BCUT2D eigenvalue weighted by molar-refractivity contribution is 0.652. The minimum absolute atomic E-state index is 0.0101. The van der Waals surface area contributed by atoms with E-state index < -0.39 is 0 Å². The summed E-state index contributed by atoms with van der Waals surface area (Å²) < 4.78 is 2.19. The highest BCUT2D eigenvalue weighted by molar-refractivity contribution is 9.10. The maximum absolute atomic E-state index is 11.8. The number of rotatable bonds is 3. The molecule has 0 saturated carbocycles. The lowest BCUT2D eigenvalue weighted by Gasteiger charge is -2.05. The first-order valence-electron chi connectivity index (χ1n) is 4.92. The van der Waals surface area contributed by atoms with E-state index in [1.54, 1.807) is 22.2 Å². The van der Waals surface area contributed by atoms with Crippen molar-refractivity contribution in [2.24, 2.45) is 0 Å². The molecule has 5 heteroatoms. The van der Waals surface area contributed by atoms with Crippen molar-refractivity contribution in [2.45, 2.75) is 19.9 Å². The van der Waals surface area contributed by atoms with Gasteiger partial charge in [0, 0.05) is 11.4 Å². The van der Waals surface area contributed by atoms with Gasteiger partial charge in [-0.2, -0.15) is 0 Å². The molecule has 0 N–H and O–H groups in total. The number of hydrogen-bond donors (Lipinski definition) is 0. The van der Waals surface area contributed by atoms with E-state index in [1.165, 1.54) is 4.88 Å². The Morgan fingerprint density at radius 3 is 3.06 bits per heavy atom. The van der Waals surface area contributed by atoms with E-state index in [9.17, 15) is 4.79 Å². The second-order valence-corrected chi connectivity index (χ2v) is 5.30. The van der Waals surface area contributed by atoms with Crippen LogP contribution in [0.25, 0.3) is 0 Å². The molecule has 2 rings (SSSR count). The van der Waals surface area contributed by atoms with Gasteiger partial charge in [-0.25, -0.2) is 4.98 Å². The van der Waals surface area contributed by atoms with Crippen LogP contribution in [0, 0.1) is 6.92 Å². The summed E-state index contributed by atoms with van der Waals surface area (Å²) in [6.45, 7) is 2.49. The summed E-state index contributed by atoms with van der Waals surface area (Å²) in [5, 5.41) is 2.04. The average Bonchev–Trinajstić information content (AvgIpc) is 2.78. The summed E-state index contributed by atoms with van der Waals surface area (Å²) in [5.74, 6) is 0. The highest BCUT2D eigenvalue weighted by Gasteiger charge is 2.05. The first-order chi connectivity index (χ1) is 7.68. The zero-order valence-corrected chi connectivity index (χ0v) is 11.2. The molecule has 0 fully saturated rings. The Morgan fingerprint density at radius 2 is 2.38 bits per heavy atom. The van der Waals surface area contributed by atoms with E-state index in [-0.39, 0.29) is 5.56 Å². The summed E-state index contributed by atoms with van der Waals surface area (Å²) in [6, 6.07) is 4.10. The van der Waals surface area contributed by atoms with Crippen LogP contribution in [-0.2, 0) is 13.0 Å². The van der Waals surface area contributed by atoms with Crippen LogP contribution in [0.15, 0.2) is 33.1 Å². The van der Waals surface area contributed by atoms with Gasteiger partial charge in [0.15, 0.2) is 0 Å². The molecule has 0 atom stereocenters. The predicted molar refractivity (Wildman–Crippen MR) is 69.0 cm³/mol. The minimum atomic E-state index is -0.0101. The Labute approximate surface area is 106 Å². The second-order valence-electron chi connectivity index (χ2n) is 3.47. The number of nitrogens with zero attached hydrogens (tertiary/aromatic N) is 2. The fourth-order valence-electron chi connectivity index (χ4n) is 1.39. The fraction of sp³-hybridized carbons (Fsp3) is 0.273. The van der Waals surface area contributed by atoms with E-state index in [1.807, 2.05) is 18.4 Å². The molecule has 0 aliphatic carbocycles. The molecule has 2 heterocycles. The molecular formula is C11H11BrN2OS. The molecule has 0 bridgehead atoms. The van der Waals surface area contributed by atoms with Crippen LogP contribution in [0.4, 0.5) is 0 Å². The smallest absolute Gasteiger partial charge is 0.267 e. The molecule has 3 nitrogen and oxygen atoms in total. The van der Waals surface area contributed by atoms with E-state index in [0.29, 0.717) is 11.0 Å². The third-order valence-corrected chi connectivity index (χ3v) is 4.19. The molecule has 2 aromatic heterocycles. The molecule has 0 amide bonds. The van der Waals surface area contributed by atoms with Crippen LogP contribution in [0.1, 0.15) is 10.6 Å². The van der Waals surface area contributed by atoms with Crippen LogP contribution in [-0.4, -0.2) is 9.55 Å². The molecule has 0 aromatic carbocycles. The van der Waals surface area contributed by atoms with E-state index in [4.69, 9.17) is 0 Å². The van der Waals surface area contributed by atoms with Gasteiger partial charge in [0.1, 0.15) is 4.47 Å². The topological polar surface area (TPSA) is 34.9 Å². The Balaban J connectivity index is 2.17. The Bertz CT molecular complexity index is 533. The summed E-state index contributed by atoms with van der Waals surface area (Å²) in [4.78, 5) is 17.3. The molecule has 0 radical (unpaired) electrons. The number of aryl methyl sites for hydroxylation is 3. The average molecular weight is 299 g/mol. The van der Waals surface area contributed by atoms with Crippen molar-refractivity contribution in [1.29, 1.82) is 0 Å². The van der Waals surface area contributed by atoms with Gasteiger partial charge in [-0.3, -0.25) is 9.36 Å². The molecule has 0 spiro atoms. The first kappa shape index (κ1) is 11.5. The first-order valence-corrected chi connectivity index (χ1v) is 6.59. The van der Waals surface area contributed by atoms with Gasteiger partial charge in [-0.05, 0) is 40.7 Å². The van der Waals surface area contributed by atoms with Crippen LogP contribution in [0.3, 0.4) is 0 Å². The molecule has 84 valence electrons. The third kappa shape index (κ3) is 2.41. The molecule has 0 aliphatic heterocycles. The lowest BCUT2D eigenvalue weighted by atomic mass is 10.3. The van der Waals surface area contributed by atoms with Crippen molar-refractivity contribution in [1.82, 2.24) is 9.55 Å². The second kappa shape index (κ2) is 4.93. The van der Waals surface area contributed by atoms with E-state index >= 15 is 0 Å². The van der Waals surface area contributed by atoms with E-state index in [2.05, 4.69) is 27.0 Å². The van der Waals surface area contributed by atoms with Crippen molar-refractivity contribution in [2.75, 3.05) is 0 Å². The number of thiophene rings is 1. The summed E-state index contributed by atoms with van der Waals surface area (Å²) in [5.41, 5.74) is 0.724. The van der Waals surface area contributed by atoms with Crippen LogP contribution in [0.5, 0.6) is 0 Å². The maximum atomic E-state index is 11.8. The molecular weight excluding hydrogens is 288 g/mol. The van der Waals surface area contributed by atoms with Gasteiger partial charge in [0.05, 0.1) is 12.0 Å². The quantitative estimate of drug-likeness (QED) is 0.873. The van der Waals surface area contributed by atoms with Crippen molar-refractivity contribution in [3.8, 4) is 0 Å². The molecule has 2 aromatic rings. The van der Waals surface area contributed by atoms with Gasteiger partial charge >= 0.3 is 0 Å². The highest BCUT2D eigenvalue weighted by atomic mass is 79.9. The van der Waals surface area contributed by atoms with Crippen molar-refractivity contribution in [3.63, 3.8) is 0 Å². The molecule has 16 heavy (non-hydrogen) atoms. The van der Waals surface area contributed by atoms with Gasteiger partial charge in [0.2, 0.25) is 0 Å². The number of hydrogen-bond acceptors (Lipinski definition) is 3. The van der Waals surface area contributed by atoms with Crippen molar-refractivity contribution < 1.29 is 0 Å². The number of aromatic nitrogens is 2. The van der Waals surface area contributed by atoms with Gasteiger partial charge in [0.25, 0.3) is 5.56 Å². The maximum Gasteiger partial charge on any atom is 0.267 e. The Kier molecular flexibility index (Phi) is 3.56. The van der Waals surface area contributed by atoms with Crippen LogP contribution < -0.4 is 5.56 Å². The fourth-order valence-corrected chi connectivity index (χ4v) is 2.42. The summed E-state index contributed by atoms with van der Waals surface area (Å²) in [6.07, 6.45) is 2.48. The third-order valence-electron chi connectivity index (χ3n) is 2.34. The molecule has 0 saturated heterocycles. The zero-order chi connectivity index (χ0) is 11.5. The SMILES string of the molecule is Cc1ncn(CCc2cccs2)c(=O)c1Br. The normalized spacial score (nSPS) is 10.6. The summed E-state index contributed by atoms with van der Waals surface area (Å²) >= 11 is 4.96. The number of halogens is 1. The minimum Gasteiger partial charge on any atom is -0.298 e. The van der Waals surface area contributed by atoms with Gasteiger partial charge in [-0.15, -0.1) is 11.3 Å². The van der Waals surface area contributed by atoms with Crippen molar-refractivity contribution >= 4 is 27.3 Å². The van der Waals surface area contributed by atoms with E-state index in [0.717, 1.165) is 12.1 Å². The lowest BCUT2D eigenvalue weighted by Crippen LogP contribution is -2.22. The van der Waals surface area contributed by atoms with Gasteiger partial charge < -0.3 is 0 Å². The standard InChI is InChI=1S/C11H11BrN2OS/c1-8-10(12)11(15)14(7-13-8)5-4-9-3-2-6-16-9/h2-3,6-7H,4-5H2,1H3.